The number of nitrogens with zero attached hydrogens (tertiary/aromatic N) is 2. The topological polar surface area (TPSA) is 80.5 Å². The zero-order valence-corrected chi connectivity index (χ0v) is 16.4. The molecule has 2 aromatic rings. The Bertz CT molecular complexity index is 905. The molecule has 0 unspecified atom stereocenters. The van der Waals surface area contributed by atoms with Crippen molar-refractivity contribution in [1.29, 1.82) is 0 Å². The Balaban J connectivity index is 1.91. The Morgan fingerprint density at radius 3 is 2.27 bits per heavy atom. The van der Waals surface area contributed by atoms with Gasteiger partial charge in [0.2, 0.25) is 5.91 Å². The van der Waals surface area contributed by atoms with E-state index in [2.05, 4.69) is 5.16 Å². The lowest BCUT2D eigenvalue weighted by atomic mass is 9.83. The van der Waals surface area contributed by atoms with Gasteiger partial charge in [-0.3, -0.25) is 4.79 Å². The van der Waals surface area contributed by atoms with Crippen LogP contribution in [-0.4, -0.2) is 36.2 Å². The predicted molar refractivity (Wildman–Crippen MR) is 97.4 cm³/mol. The monoisotopic (exact) mass is 376 g/mol. The number of hydrogen-bond acceptors (Lipinski definition) is 5. The fraction of sp³-hybridized carbons (Fsp3) is 0.474. The summed E-state index contributed by atoms with van der Waals surface area (Å²) in [6.45, 7) is 5.78. The highest BCUT2D eigenvalue weighted by Gasteiger charge is 2.56. The van der Waals surface area contributed by atoms with Crippen molar-refractivity contribution >= 4 is 15.7 Å². The van der Waals surface area contributed by atoms with Crippen LogP contribution in [0.4, 0.5) is 0 Å². The maximum Gasteiger partial charge on any atom is 0.244 e. The number of amides is 1. The minimum Gasteiger partial charge on any atom is -0.361 e. The van der Waals surface area contributed by atoms with Crippen LogP contribution in [0.25, 0.3) is 0 Å². The first-order chi connectivity index (χ1) is 12.2. The summed E-state index contributed by atoms with van der Waals surface area (Å²) in [4.78, 5) is 14.9. The van der Waals surface area contributed by atoms with Crippen LogP contribution in [0.5, 0.6) is 0 Å². The SMILES string of the molecule is Cc1ccc(S(=O)(=O)C2(C(=O)N(C)Cc3c(C)noc3C)CCC2)cc1. The third-order valence-corrected chi connectivity index (χ3v) is 7.82. The summed E-state index contributed by atoms with van der Waals surface area (Å²) >= 11 is 0. The van der Waals surface area contributed by atoms with Crippen molar-refractivity contribution in [2.75, 3.05) is 7.05 Å². The molecule has 1 aromatic heterocycles. The normalized spacial score (nSPS) is 16.2. The van der Waals surface area contributed by atoms with Gasteiger partial charge in [-0.25, -0.2) is 8.42 Å². The van der Waals surface area contributed by atoms with Crippen LogP contribution in [0.1, 0.15) is 41.8 Å². The Kier molecular flexibility index (Phi) is 4.69. The van der Waals surface area contributed by atoms with Crippen molar-refractivity contribution in [3.63, 3.8) is 0 Å². The summed E-state index contributed by atoms with van der Waals surface area (Å²) in [5.74, 6) is 0.288. The van der Waals surface area contributed by atoms with E-state index in [1.54, 1.807) is 38.2 Å². The molecule has 1 saturated carbocycles. The fourth-order valence-corrected chi connectivity index (χ4v) is 5.58. The van der Waals surface area contributed by atoms with Gasteiger partial charge in [0.15, 0.2) is 14.6 Å². The van der Waals surface area contributed by atoms with Crippen LogP contribution < -0.4 is 0 Å². The molecule has 1 aromatic carbocycles. The molecule has 26 heavy (non-hydrogen) atoms. The van der Waals surface area contributed by atoms with Crippen LogP contribution >= 0.6 is 0 Å². The third-order valence-electron chi connectivity index (χ3n) is 5.32. The smallest absolute Gasteiger partial charge is 0.244 e. The van der Waals surface area contributed by atoms with Crippen LogP contribution in [0.3, 0.4) is 0 Å². The molecule has 1 aliphatic rings. The number of carbonyl (C=O) groups excluding carboxylic acids is 1. The van der Waals surface area contributed by atoms with Gasteiger partial charge in [0, 0.05) is 12.6 Å². The lowest BCUT2D eigenvalue weighted by Gasteiger charge is -2.41. The lowest BCUT2D eigenvalue weighted by Crippen LogP contribution is -2.57. The molecule has 1 amide bonds. The molecule has 1 fully saturated rings. The maximum absolute atomic E-state index is 13.3. The van der Waals surface area contributed by atoms with E-state index in [0.717, 1.165) is 17.5 Å². The van der Waals surface area contributed by atoms with Crippen LogP contribution in [-0.2, 0) is 21.2 Å². The Morgan fingerprint density at radius 1 is 1.19 bits per heavy atom. The summed E-state index contributed by atoms with van der Waals surface area (Å²) < 4.78 is 30.3. The Morgan fingerprint density at radius 2 is 1.81 bits per heavy atom. The number of sulfone groups is 1. The highest BCUT2D eigenvalue weighted by Crippen LogP contribution is 2.44. The Hall–Kier alpha value is -2.15. The van der Waals surface area contributed by atoms with Crippen molar-refractivity contribution in [3.05, 3.63) is 46.8 Å². The van der Waals surface area contributed by atoms with E-state index in [4.69, 9.17) is 4.52 Å². The third kappa shape index (κ3) is 2.84. The van der Waals surface area contributed by atoms with Gasteiger partial charge in [0.25, 0.3) is 0 Å². The molecule has 7 heteroatoms. The molecule has 1 heterocycles. The molecule has 0 aliphatic heterocycles. The number of rotatable bonds is 5. The summed E-state index contributed by atoms with van der Waals surface area (Å²) in [6.07, 6.45) is 1.44. The molecule has 6 nitrogen and oxygen atoms in total. The maximum atomic E-state index is 13.3. The van der Waals surface area contributed by atoms with Gasteiger partial charge in [0.1, 0.15) is 5.76 Å². The van der Waals surface area contributed by atoms with Gasteiger partial charge in [-0.15, -0.1) is 0 Å². The Labute approximate surface area is 154 Å². The number of aryl methyl sites for hydroxylation is 3. The second-order valence-electron chi connectivity index (χ2n) is 7.13. The quantitative estimate of drug-likeness (QED) is 0.801. The molecular weight excluding hydrogens is 352 g/mol. The molecule has 0 radical (unpaired) electrons. The van der Waals surface area contributed by atoms with E-state index in [1.807, 2.05) is 13.8 Å². The molecule has 140 valence electrons. The van der Waals surface area contributed by atoms with Crippen molar-refractivity contribution < 1.29 is 17.7 Å². The molecule has 3 rings (SSSR count). The minimum atomic E-state index is -3.75. The first kappa shape index (κ1) is 18.6. The zero-order valence-electron chi connectivity index (χ0n) is 15.6. The second-order valence-corrected chi connectivity index (χ2v) is 9.39. The van der Waals surface area contributed by atoms with Crippen LogP contribution in [0, 0.1) is 20.8 Å². The van der Waals surface area contributed by atoms with Crippen molar-refractivity contribution in [1.82, 2.24) is 10.1 Å². The fourth-order valence-electron chi connectivity index (χ4n) is 3.42. The summed E-state index contributed by atoms with van der Waals surface area (Å²) in [6, 6.07) is 6.70. The van der Waals surface area contributed by atoms with Crippen molar-refractivity contribution in [3.8, 4) is 0 Å². The van der Waals surface area contributed by atoms with Gasteiger partial charge in [-0.05, 0) is 52.2 Å². The first-order valence-corrected chi connectivity index (χ1v) is 10.2. The van der Waals surface area contributed by atoms with E-state index >= 15 is 0 Å². The standard InChI is InChI=1S/C19H24N2O4S/c1-13-6-8-16(9-7-13)26(23,24)19(10-5-11-19)18(22)21(4)12-17-14(2)20-25-15(17)3/h6-9H,5,10-12H2,1-4H3. The summed E-state index contributed by atoms with van der Waals surface area (Å²) in [5.41, 5.74) is 2.52. The largest absolute Gasteiger partial charge is 0.361 e. The minimum absolute atomic E-state index is 0.210. The highest BCUT2D eigenvalue weighted by molar-refractivity contribution is 7.93. The van der Waals surface area contributed by atoms with Gasteiger partial charge in [-0.1, -0.05) is 22.9 Å². The summed E-state index contributed by atoms with van der Waals surface area (Å²) in [7, 11) is -2.12. The van der Waals surface area contributed by atoms with E-state index in [-0.39, 0.29) is 17.3 Å². The molecule has 0 bridgehead atoms. The number of carbonyl (C=O) groups is 1. The van der Waals surface area contributed by atoms with Gasteiger partial charge in [-0.2, -0.15) is 0 Å². The predicted octanol–water partition coefficient (Wildman–Crippen LogP) is 2.95. The van der Waals surface area contributed by atoms with E-state index in [9.17, 15) is 13.2 Å². The molecule has 0 spiro atoms. The van der Waals surface area contributed by atoms with Gasteiger partial charge < -0.3 is 9.42 Å². The molecule has 1 aliphatic carbocycles. The molecule has 0 atom stereocenters. The molecule has 0 saturated heterocycles. The van der Waals surface area contributed by atoms with Crippen LogP contribution in [0.2, 0.25) is 0 Å². The highest BCUT2D eigenvalue weighted by atomic mass is 32.2. The van der Waals surface area contributed by atoms with E-state index < -0.39 is 14.6 Å². The lowest BCUT2D eigenvalue weighted by molar-refractivity contribution is -0.135. The second kappa shape index (κ2) is 6.54. The van der Waals surface area contributed by atoms with E-state index in [1.165, 1.54) is 4.90 Å². The van der Waals surface area contributed by atoms with Crippen LogP contribution in [0.15, 0.2) is 33.7 Å². The van der Waals surface area contributed by atoms with Crippen molar-refractivity contribution in [2.45, 2.75) is 56.2 Å². The average molecular weight is 376 g/mol. The zero-order chi connectivity index (χ0) is 19.1. The summed E-state index contributed by atoms with van der Waals surface area (Å²) in [5, 5.41) is 3.90. The molecule has 0 N–H and O–H groups in total. The van der Waals surface area contributed by atoms with Crippen molar-refractivity contribution in [2.24, 2.45) is 0 Å². The number of hydrogen-bond donors (Lipinski definition) is 0. The number of aromatic nitrogens is 1. The average Bonchev–Trinajstić information content (AvgIpc) is 2.85. The van der Waals surface area contributed by atoms with Gasteiger partial charge in [0.05, 0.1) is 17.1 Å². The van der Waals surface area contributed by atoms with Gasteiger partial charge >= 0.3 is 0 Å². The first-order valence-electron chi connectivity index (χ1n) is 8.68. The molecular formula is C19H24N2O4S. The number of benzene rings is 1. The van der Waals surface area contributed by atoms with E-state index in [0.29, 0.717) is 24.3 Å².